The Bertz CT molecular complexity index is 731. The van der Waals surface area contributed by atoms with Crippen LogP contribution in [0.4, 0.5) is 5.69 Å². The second-order valence-electron chi connectivity index (χ2n) is 4.32. The van der Waals surface area contributed by atoms with E-state index in [0.717, 1.165) is 11.1 Å². The van der Waals surface area contributed by atoms with Crippen LogP contribution in [0.15, 0.2) is 42.9 Å². The summed E-state index contributed by atoms with van der Waals surface area (Å²) < 4.78 is 0. The summed E-state index contributed by atoms with van der Waals surface area (Å²) in [7, 11) is 0. The van der Waals surface area contributed by atoms with Crippen molar-refractivity contribution in [2.75, 3.05) is 5.32 Å². The molecule has 19 heavy (non-hydrogen) atoms. The standard InChI is InChI=1S/C14H12N4O/c1-9-2-4-10(5-3-9)14(19)18-11-6-12-13(15-7-11)17-8-16-12/h2-8H,1H3,(H,18,19)(H,15,16,17). The van der Waals surface area contributed by atoms with Gasteiger partial charge in [0.15, 0.2) is 5.65 Å². The van der Waals surface area contributed by atoms with Crippen LogP contribution in [-0.2, 0) is 0 Å². The minimum Gasteiger partial charge on any atom is -0.343 e. The van der Waals surface area contributed by atoms with E-state index in [1.165, 1.54) is 0 Å². The van der Waals surface area contributed by atoms with Gasteiger partial charge in [0, 0.05) is 5.56 Å². The third-order valence-corrected chi connectivity index (χ3v) is 2.85. The number of aryl methyl sites for hydroxylation is 1. The summed E-state index contributed by atoms with van der Waals surface area (Å²) in [6, 6.07) is 9.22. The number of anilines is 1. The maximum Gasteiger partial charge on any atom is 0.255 e. The number of H-pyrrole nitrogens is 1. The van der Waals surface area contributed by atoms with Gasteiger partial charge in [-0.3, -0.25) is 4.79 Å². The van der Waals surface area contributed by atoms with E-state index in [9.17, 15) is 4.79 Å². The molecular formula is C14H12N4O. The van der Waals surface area contributed by atoms with Crippen molar-refractivity contribution in [1.82, 2.24) is 15.0 Å². The summed E-state index contributed by atoms with van der Waals surface area (Å²) in [6.07, 6.45) is 3.17. The van der Waals surface area contributed by atoms with Crippen molar-refractivity contribution in [2.24, 2.45) is 0 Å². The summed E-state index contributed by atoms with van der Waals surface area (Å²) in [6.45, 7) is 1.98. The molecular weight excluding hydrogens is 240 g/mol. The zero-order chi connectivity index (χ0) is 13.2. The van der Waals surface area contributed by atoms with Crippen molar-refractivity contribution in [3.05, 3.63) is 54.0 Å². The third kappa shape index (κ3) is 2.30. The van der Waals surface area contributed by atoms with Crippen LogP contribution in [-0.4, -0.2) is 20.9 Å². The molecule has 0 saturated carbocycles. The van der Waals surface area contributed by atoms with E-state index in [1.54, 1.807) is 30.7 Å². The molecule has 0 spiro atoms. The number of hydrogen-bond donors (Lipinski definition) is 2. The summed E-state index contributed by atoms with van der Waals surface area (Å²) in [5.74, 6) is -0.152. The minimum absolute atomic E-state index is 0.152. The molecule has 0 aliphatic heterocycles. The van der Waals surface area contributed by atoms with Crippen molar-refractivity contribution in [1.29, 1.82) is 0 Å². The molecule has 0 aliphatic rings. The lowest BCUT2D eigenvalue weighted by atomic mass is 10.1. The number of fused-ring (bicyclic) bond motifs is 1. The van der Waals surface area contributed by atoms with Crippen molar-refractivity contribution in [3.8, 4) is 0 Å². The average Bonchev–Trinajstić information content (AvgIpc) is 2.87. The first kappa shape index (κ1) is 11.4. The minimum atomic E-state index is -0.152. The Morgan fingerprint density at radius 2 is 2.00 bits per heavy atom. The number of nitrogens with zero attached hydrogens (tertiary/aromatic N) is 2. The summed E-state index contributed by atoms with van der Waals surface area (Å²) in [4.78, 5) is 23.2. The summed E-state index contributed by atoms with van der Waals surface area (Å²) in [5, 5.41) is 2.81. The molecule has 1 amide bonds. The summed E-state index contributed by atoms with van der Waals surface area (Å²) in [5.41, 5.74) is 3.81. The van der Waals surface area contributed by atoms with Crippen LogP contribution >= 0.6 is 0 Å². The zero-order valence-electron chi connectivity index (χ0n) is 10.3. The maximum absolute atomic E-state index is 12.0. The second kappa shape index (κ2) is 4.53. The molecule has 2 heterocycles. The number of benzene rings is 1. The van der Waals surface area contributed by atoms with Gasteiger partial charge in [-0.05, 0) is 25.1 Å². The largest absolute Gasteiger partial charge is 0.343 e. The van der Waals surface area contributed by atoms with Crippen LogP contribution in [0.25, 0.3) is 11.2 Å². The van der Waals surface area contributed by atoms with E-state index < -0.39 is 0 Å². The zero-order valence-corrected chi connectivity index (χ0v) is 10.3. The fourth-order valence-corrected chi connectivity index (χ4v) is 1.81. The Balaban J connectivity index is 1.83. The highest BCUT2D eigenvalue weighted by Crippen LogP contribution is 2.14. The molecule has 5 heteroatoms. The number of pyridine rings is 1. The van der Waals surface area contributed by atoms with E-state index >= 15 is 0 Å². The fourth-order valence-electron chi connectivity index (χ4n) is 1.81. The van der Waals surface area contributed by atoms with Gasteiger partial charge in [-0.1, -0.05) is 17.7 Å². The molecule has 0 atom stereocenters. The molecule has 94 valence electrons. The monoisotopic (exact) mass is 252 g/mol. The van der Waals surface area contributed by atoms with Crippen molar-refractivity contribution in [2.45, 2.75) is 6.92 Å². The quantitative estimate of drug-likeness (QED) is 0.736. The number of amides is 1. The third-order valence-electron chi connectivity index (χ3n) is 2.85. The molecule has 2 aromatic heterocycles. The molecule has 2 N–H and O–H groups in total. The van der Waals surface area contributed by atoms with Crippen LogP contribution in [0.1, 0.15) is 15.9 Å². The molecule has 3 aromatic rings. The second-order valence-corrected chi connectivity index (χ2v) is 4.32. The number of imidazole rings is 1. The number of aromatic nitrogens is 3. The Hall–Kier alpha value is -2.69. The van der Waals surface area contributed by atoms with Gasteiger partial charge >= 0.3 is 0 Å². The van der Waals surface area contributed by atoms with Crippen molar-refractivity contribution < 1.29 is 4.79 Å². The number of nitrogens with one attached hydrogen (secondary N) is 2. The molecule has 1 aromatic carbocycles. The normalized spacial score (nSPS) is 10.6. The van der Waals surface area contributed by atoms with E-state index in [0.29, 0.717) is 16.9 Å². The van der Waals surface area contributed by atoms with Gasteiger partial charge < -0.3 is 10.3 Å². The van der Waals surface area contributed by atoms with Gasteiger partial charge in [0.05, 0.1) is 23.7 Å². The Labute approximate surface area is 109 Å². The highest BCUT2D eigenvalue weighted by atomic mass is 16.1. The lowest BCUT2D eigenvalue weighted by molar-refractivity contribution is 0.102. The maximum atomic E-state index is 12.0. The van der Waals surface area contributed by atoms with Crippen molar-refractivity contribution >= 4 is 22.8 Å². The lowest BCUT2D eigenvalue weighted by Gasteiger charge is -2.05. The van der Waals surface area contributed by atoms with E-state index in [4.69, 9.17) is 0 Å². The van der Waals surface area contributed by atoms with Gasteiger partial charge in [0.1, 0.15) is 0 Å². The first-order chi connectivity index (χ1) is 9.22. The molecule has 5 nitrogen and oxygen atoms in total. The van der Waals surface area contributed by atoms with E-state index in [2.05, 4.69) is 20.3 Å². The van der Waals surface area contributed by atoms with Gasteiger partial charge in [0.25, 0.3) is 5.91 Å². The smallest absolute Gasteiger partial charge is 0.255 e. The van der Waals surface area contributed by atoms with Crippen LogP contribution in [0.2, 0.25) is 0 Å². The highest BCUT2D eigenvalue weighted by Gasteiger charge is 2.07. The van der Waals surface area contributed by atoms with Crippen LogP contribution in [0.5, 0.6) is 0 Å². The topological polar surface area (TPSA) is 70.7 Å². The molecule has 0 radical (unpaired) electrons. The van der Waals surface area contributed by atoms with E-state index in [-0.39, 0.29) is 5.91 Å². The van der Waals surface area contributed by atoms with Gasteiger partial charge in [0.2, 0.25) is 0 Å². The molecule has 0 bridgehead atoms. The number of aromatic amines is 1. The number of carbonyl (C=O) groups is 1. The molecule has 0 aliphatic carbocycles. The predicted molar refractivity (Wildman–Crippen MR) is 73.0 cm³/mol. The molecule has 0 saturated heterocycles. The molecule has 0 unspecified atom stereocenters. The van der Waals surface area contributed by atoms with Crippen LogP contribution in [0, 0.1) is 6.92 Å². The number of rotatable bonds is 2. The highest BCUT2D eigenvalue weighted by molar-refractivity contribution is 6.04. The fraction of sp³-hybridized carbons (Fsp3) is 0.0714. The Morgan fingerprint density at radius 3 is 2.79 bits per heavy atom. The predicted octanol–water partition coefficient (Wildman–Crippen LogP) is 2.52. The Morgan fingerprint density at radius 1 is 1.21 bits per heavy atom. The lowest BCUT2D eigenvalue weighted by Crippen LogP contribution is -2.11. The average molecular weight is 252 g/mol. The van der Waals surface area contributed by atoms with Gasteiger partial charge in [-0.15, -0.1) is 0 Å². The van der Waals surface area contributed by atoms with Gasteiger partial charge in [-0.2, -0.15) is 0 Å². The first-order valence-corrected chi connectivity index (χ1v) is 5.89. The number of hydrogen-bond acceptors (Lipinski definition) is 3. The molecule has 3 rings (SSSR count). The van der Waals surface area contributed by atoms with Gasteiger partial charge in [-0.25, -0.2) is 9.97 Å². The van der Waals surface area contributed by atoms with E-state index in [1.807, 2.05) is 19.1 Å². The molecule has 0 fully saturated rings. The number of carbonyl (C=O) groups excluding carboxylic acids is 1. The first-order valence-electron chi connectivity index (χ1n) is 5.89. The van der Waals surface area contributed by atoms with Crippen LogP contribution in [0.3, 0.4) is 0 Å². The summed E-state index contributed by atoms with van der Waals surface area (Å²) >= 11 is 0. The SMILES string of the molecule is Cc1ccc(C(=O)Nc2cnc3nc[nH]c3c2)cc1. The van der Waals surface area contributed by atoms with Crippen LogP contribution < -0.4 is 5.32 Å². The van der Waals surface area contributed by atoms with Crippen molar-refractivity contribution in [3.63, 3.8) is 0 Å². The Kier molecular flexibility index (Phi) is 2.72.